The van der Waals surface area contributed by atoms with Crippen molar-refractivity contribution in [2.75, 3.05) is 12.4 Å². The van der Waals surface area contributed by atoms with Crippen molar-refractivity contribution in [1.82, 2.24) is 10.2 Å². The molecular weight excluding hydrogens is 316 g/mol. The number of rotatable bonds is 6. The number of carbonyl (C=O) groups excluding carboxylic acids is 2. The predicted molar refractivity (Wildman–Crippen MR) is 91.4 cm³/mol. The van der Waals surface area contributed by atoms with Gasteiger partial charge in [0.2, 0.25) is 5.91 Å². The van der Waals surface area contributed by atoms with Gasteiger partial charge in [-0.05, 0) is 33.3 Å². The van der Waals surface area contributed by atoms with Crippen LogP contribution in [0.3, 0.4) is 0 Å². The van der Waals surface area contributed by atoms with Crippen molar-refractivity contribution in [3.05, 3.63) is 35.9 Å². The first-order valence-corrected chi connectivity index (χ1v) is 8.11. The van der Waals surface area contributed by atoms with Crippen LogP contribution in [0.2, 0.25) is 0 Å². The maximum absolute atomic E-state index is 12.0. The summed E-state index contributed by atoms with van der Waals surface area (Å²) in [6, 6.07) is 9.61. The fourth-order valence-electron chi connectivity index (χ4n) is 2.01. The minimum atomic E-state index is -0.497. The van der Waals surface area contributed by atoms with Gasteiger partial charge < -0.3 is 15.0 Å². The number of ether oxygens (including phenoxy) is 1. The molecule has 0 saturated carbocycles. The van der Waals surface area contributed by atoms with Crippen LogP contribution in [0.25, 0.3) is 0 Å². The molecule has 5 nitrogen and oxygen atoms in total. The van der Waals surface area contributed by atoms with Crippen LogP contribution in [0, 0.1) is 0 Å². The Morgan fingerprint density at radius 3 is 2.39 bits per heavy atom. The number of alkyl halides is 1. The average molecular weight is 341 g/mol. The second kappa shape index (κ2) is 8.77. The van der Waals surface area contributed by atoms with E-state index < -0.39 is 12.2 Å². The van der Waals surface area contributed by atoms with Gasteiger partial charge in [-0.15, -0.1) is 11.6 Å². The van der Waals surface area contributed by atoms with E-state index in [1.807, 2.05) is 51.1 Å². The molecule has 0 spiro atoms. The normalized spacial score (nSPS) is 12.4. The number of nitrogens with zero attached hydrogens (tertiary/aromatic N) is 1. The Morgan fingerprint density at radius 1 is 1.26 bits per heavy atom. The molecule has 1 atom stereocenters. The highest BCUT2D eigenvalue weighted by Gasteiger charge is 2.21. The van der Waals surface area contributed by atoms with Crippen molar-refractivity contribution >= 4 is 23.6 Å². The van der Waals surface area contributed by atoms with Gasteiger partial charge in [0.15, 0.2) is 0 Å². The Labute approximate surface area is 142 Å². The summed E-state index contributed by atoms with van der Waals surface area (Å²) in [5.41, 5.74) is 0.629. The first-order valence-electron chi connectivity index (χ1n) is 7.57. The smallest absolute Gasteiger partial charge is 0.407 e. The van der Waals surface area contributed by atoms with E-state index in [0.29, 0.717) is 6.54 Å². The van der Waals surface area contributed by atoms with Crippen LogP contribution in [0.5, 0.6) is 0 Å². The molecule has 0 bridgehead atoms. The Hall–Kier alpha value is -1.75. The third kappa shape index (κ3) is 7.88. The molecule has 23 heavy (non-hydrogen) atoms. The van der Waals surface area contributed by atoms with E-state index in [2.05, 4.69) is 5.32 Å². The van der Waals surface area contributed by atoms with Crippen LogP contribution in [0.4, 0.5) is 4.79 Å². The summed E-state index contributed by atoms with van der Waals surface area (Å²) in [5, 5.41) is 2.73. The van der Waals surface area contributed by atoms with Crippen LogP contribution >= 0.6 is 11.6 Å². The number of benzene rings is 1. The molecule has 0 unspecified atom stereocenters. The molecule has 0 aliphatic rings. The minimum absolute atomic E-state index is 0.103. The van der Waals surface area contributed by atoms with Gasteiger partial charge in [0.25, 0.3) is 0 Å². The van der Waals surface area contributed by atoms with E-state index in [9.17, 15) is 9.59 Å². The average Bonchev–Trinajstić information content (AvgIpc) is 2.44. The van der Waals surface area contributed by atoms with Crippen molar-refractivity contribution < 1.29 is 14.3 Å². The van der Waals surface area contributed by atoms with Gasteiger partial charge in [0.1, 0.15) is 12.0 Å². The Morgan fingerprint density at radius 2 is 1.87 bits per heavy atom. The van der Waals surface area contributed by atoms with Gasteiger partial charge in [-0.1, -0.05) is 30.3 Å². The van der Waals surface area contributed by atoms with E-state index in [1.165, 1.54) is 0 Å². The molecule has 1 N–H and O–H groups in total. The molecule has 0 aromatic heterocycles. The molecular formula is C17H25ClN2O3. The van der Waals surface area contributed by atoms with Gasteiger partial charge in [0.05, 0.1) is 6.54 Å². The molecule has 2 amide bonds. The minimum Gasteiger partial charge on any atom is -0.445 e. The Kier molecular flexibility index (Phi) is 7.36. The summed E-state index contributed by atoms with van der Waals surface area (Å²) in [5.74, 6) is -0.296. The second-order valence-electron chi connectivity index (χ2n) is 6.48. The van der Waals surface area contributed by atoms with Crippen molar-refractivity contribution in [3.63, 3.8) is 0 Å². The predicted octanol–water partition coefficient (Wildman–Crippen LogP) is 3.17. The molecule has 0 heterocycles. The largest absolute Gasteiger partial charge is 0.445 e. The van der Waals surface area contributed by atoms with E-state index in [-0.39, 0.29) is 23.9 Å². The van der Waals surface area contributed by atoms with Crippen LogP contribution in [-0.2, 0) is 16.1 Å². The lowest BCUT2D eigenvalue weighted by atomic mass is 10.1. The van der Waals surface area contributed by atoms with E-state index in [1.54, 1.807) is 11.8 Å². The molecule has 0 aliphatic carbocycles. The van der Waals surface area contributed by atoms with Gasteiger partial charge in [0, 0.05) is 12.1 Å². The topological polar surface area (TPSA) is 58.6 Å². The van der Waals surface area contributed by atoms with Crippen molar-refractivity contribution in [1.29, 1.82) is 0 Å². The van der Waals surface area contributed by atoms with Gasteiger partial charge in [-0.2, -0.15) is 0 Å². The SMILES string of the molecule is C[C@@H](CN(Cc1ccccc1)C(=O)CCl)OC(=O)NC(C)(C)C. The fourth-order valence-corrected chi connectivity index (χ4v) is 2.18. The number of hydrogen-bond donors (Lipinski definition) is 1. The molecule has 0 aliphatic heterocycles. The maximum atomic E-state index is 12.0. The summed E-state index contributed by atoms with van der Waals surface area (Å²) < 4.78 is 5.30. The summed E-state index contributed by atoms with van der Waals surface area (Å²) in [6.45, 7) is 8.09. The Bertz CT molecular complexity index is 514. The highest BCUT2D eigenvalue weighted by atomic mass is 35.5. The van der Waals surface area contributed by atoms with E-state index in [4.69, 9.17) is 16.3 Å². The van der Waals surface area contributed by atoms with Crippen LogP contribution in [0.1, 0.15) is 33.3 Å². The number of hydrogen-bond acceptors (Lipinski definition) is 3. The number of halogens is 1. The third-order valence-electron chi connectivity index (χ3n) is 2.95. The van der Waals surface area contributed by atoms with Crippen LogP contribution < -0.4 is 5.32 Å². The standard InChI is InChI=1S/C17H25ClN2O3/c1-13(23-16(22)19-17(2,3)4)11-20(15(21)10-18)12-14-8-6-5-7-9-14/h5-9,13H,10-12H2,1-4H3,(H,19,22)/t13-/m0/s1. The molecule has 6 heteroatoms. The quantitative estimate of drug-likeness (QED) is 0.809. The van der Waals surface area contributed by atoms with E-state index >= 15 is 0 Å². The number of nitrogens with one attached hydrogen (secondary N) is 1. The molecule has 1 rings (SSSR count). The first-order chi connectivity index (χ1) is 10.7. The number of amides is 2. The first kappa shape index (κ1) is 19.3. The zero-order chi connectivity index (χ0) is 17.5. The zero-order valence-electron chi connectivity index (χ0n) is 14.1. The van der Waals surface area contributed by atoms with Crippen molar-refractivity contribution in [3.8, 4) is 0 Å². The number of alkyl carbamates (subject to hydrolysis) is 1. The second-order valence-corrected chi connectivity index (χ2v) is 6.75. The zero-order valence-corrected chi connectivity index (χ0v) is 14.9. The lowest BCUT2D eigenvalue weighted by Crippen LogP contribution is -2.44. The summed E-state index contributed by atoms with van der Waals surface area (Å²) in [6.07, 6.45) is -0.934. The highest BCUT2D eigenvalue weighted by Crippen LogP contribution is 2.08. The summed E-state index contributed by atoms with van der Waals surface area (Å²) in [4.78, 5) is 25.4. The van der Waals surface area contributed by atoms with Gasteiger partial charge in [-0.25, -0.2) is 4.79 Å². The molecule has 0 radical (unpaired) electrons. The van der Waals surface area contributed by atoms with E-state index in [0.717, 1.165) is 5.56 Å². The third-order valence-corrected chi connectivity index (χ3v) is 3.17. The molecule has 1 aromatic rings. The van der Waals surface area contributed by atoms with Crippen LogP contribution in [-0.4, -0.2) is 41.0 Å². The lowest BCUT2D eigenvalue weighted by Gasteiger charge is -2.27. The summed E-state index contributed by atoms with van der Waals surface area (Å²) in [7, 11) is 0. The fraction of sp³-hybridized carbons (Fsp3) is 0.529. The van der Waals surface area contributed by atoms with Gasteiger partial charge in [-0.3, -0.25) is 4.79 Å². The maximum Gasteiger partial charge on any atom is 0.407 e. The Balaban J connectivity index is 2.63. The summed E-state index contributed by atoms with van der Waals surface area (Å²) >= 11 is 5.68. The molecule has 1 aromatic carbocycles. The monoisotopic (exact) mass is 340 g/mol. The molecule has 128 valence electrons. The number of carbonyl (C=O) groups is 2. The van der Waals surface area contributed by atoms with Crippen molar-refractivity contribution in [2.24, 2.45) is 0 Å². The molecule has 0 saturated heterocycles. The van der Waals surface area contributed by atoms with Crippen LogP contribution in [0.15, 0.2) is 30.3 Å². The molecule has 0 fully saturated rings. The van der Waals surface area contributed by atoms with Crippen molar-refractivity contribution in [2.45, 2.75) is 45.9 Å². The van der Waals surface area contributed by atoms with Gasteiger partial charge >= 0.3 is 6.09 Å². The lowest BCUT2D eigenvalue weighted by molar-refractivity contribution is -0.130. The highest BCUT2D eigenvalue weighted by molar-refractivity contribution is 6.27.